The van der Waals surface area contributed by atoms with Crippen molar-refractivity contribution in [2.45, 2.75) is 12.8 Å². The van der Waals surface area contributed by atoms with E-state index >= 15 is 0 Å². The van der Waals surface area contributed by atoms with Crippen molar-refractivity contribution < 1.29 is 9.53 Å². The summed E-state index contributed by atoms with van der Waals surface area (Å²) in [6, 6.07) is 19.4. The molecule has 0 saturated heterocycles. The molecule has 0 atom stereocenters. The molecule has 4 heteroatoms. The van der Waals surface area contributed by atoms with Gasteiger partial charge in [0, 0.05) is 12.6 Å². The minimum Gasteiger partial charge on any atom is -0.479 e. The first-order valence-corrected chi connectivity index (χ1v) is 7.87. The summed E-state index contributed by atoms with van der Waals surface area (Å²) in [5.74, 6) is 0.534. The lowest BCUT2D eigenvalue weighted by Gasteiger charge is -2.03. The van der Waals surface area contributed by atoms with Crippen LogP contribution in [0.5, 0.6) is 5.75 Å². The average molecular weight is 320 g/mol. The van der Waals surface area contributed by atoms with Gasteiger partial charge in [-0.05, 0) is 42.2 Å². The number of rotatable bonds is 8. The standard InChI is InChI=1S/C20H20N2O2/c21-14-16-24-19-11-8-18(9-12-19)10-13-20(23)22-15-4-7-17-5-2-1-3-6-17/h1-3,5-6,8-13H,4,7,15-16H2,(H,22,23). The number of nitrogens with zero attached hydrogens (tertiary/aromatic N) is 1. The number of carbonyl (C=O) groups excluding carboxylic acids is 1. The fourth-order valence-electron chi connectivity index (χ4n) is 2.17. The summed E-state index contributed by atoms with van der Waals surface area (Å²) in [4.78, 5) is 11.8. The maximum absolute atomic E-state index is 11.8. The van der Waals surface area contributed by atoms with E-state index in [4.69, 9.17) is 10.00 Å². The molecule has 0 heterocycles. The fraction of sp³-hybridized carbons (Fsp3) is 0.200. The van der Waals surface area contributed by atoms with Crippen molar-refractivity contribution in [3.63, 3.8) is 0 Å². The molecular formula is C20H20N2O2. The molecule has 0 saturated carbocycles. The van der Waals surface area contributed by atoms with Crippen LogP contribution in [0.15, 0.2) is 60.7 Å². The van der Waals surface area contributed by atoms with E-state index in [1.165, 1.54) is 11.6 Å². The Morgan fingerprint density at radius 3 is 2.58 bits per heavy atom. The van der Waals surface area contributed by atoms with Gasteiger partial charge < -0.3 is 10.1 Å². The Kier molecular flexibility index (Phi) is 7.10. The van der Waals surface area contributed by atoms with E-state index in [1.54, 1.807) is 18.2 Å². The highest BCUT2D eigenvalue weighted by molar-refractivity contribution is 5.91. The fourth-order valence-corrected chi connectivity index (χ4v) is 2.17. The van der Waals surface area contributed by atoms with E-state index in [2.05, 4.69) is 17.4 Å². The molecule has 24 heavy (non-hydrogen) atoms. The second-order valence-electron chi connectivity index (χ2n) is 5.23. The number of nitriles is 1. The molecule has 0 spiro atoms. The number of hydrogen-bond acceptors (Lipinski definition) is 3. The zero-order valence-electron chi connectivity index (χ0n) is 13.4. The van der Waals surface area contributed by atoms with Crippen LogP contribution in [-0.2, 0) is 11.2 Å². The van der Waals surface area contributed by atoms with Crippen molar-refractivity contribution in [2.75, 3.05) is 13.2 Å². The number of ether oxygens (including phenoxy) is 1. The molecule has 2 aromatic rings. The van der Waals surface area contributed by atoms with Gasteiger partial charge in [-0.1, -0.05) is 42.5 Å². The summed E-state index contributed by atoms with van der Waals surface area (Å²) in [5, 5.41) is 11.3. The van der Waals surface area contributed by atoms with Crippen LogP contribution >= 0.6 is 0 Å². The average Bonchev–Trinajstić information content (AvgIpc) is 2.63. The summed E-state index contributed by atoms with van der Waals surface area (Å²) in [6.07, 6.45) is 5.14. The summed E-state index contributed by atoms with van der Waals surface area (Å²) in [6.45, 7) is 0.680. The summed E-state index contributed by atoms with van der Waals surface area (Å²) in [7, 11) is 0. The van der Waals surface area contributed by atoms with Crippen molar-refractivity contribution in [3.05, 3.63) is 71.8 Å². The molecule has 0 aliphatic heterocycles. The van der Waals surface area contributed by atoms with Crippen LogP contribution in [0.4, 0.5) is 0 Å². The predicted molar refractivity (Wildman–Crippen MR) is 94.4 cm³/mol. The molecule has 0 bridgehead atoms. The lowest BCUT2D eigenvalue weighted by atomic mass is 10.1. The smallest absolute Gasteiger partial charge is 0.243 e. The molecule has 1 N–H and O–H groups in total. The van der Waals surface area contributed by atoms with Crippen LogP contribution in [0.3, 0.4) is 0 Å². The topological polar surface area (TPSA) is 62.1 Å². The van der Waals surface area contributed by atoms with Gasteiger partial charge in [0.15, 0.2) is 6.61 Å². The molecule has 4 nitrogen and oxygen atoms in total. The second kappa shape index (κ2) is 9.86. The molecule has 1 amide bonds. The van der Waals surface area contributed by atoms with Crippen molar-refractivity contribution in [2.24, 2.45) is 0 Å². The highest BCUT2D eigenvalue weighted by Gasteiger charge is 1.97. The quantitative estimate of drug-likeness (QED) is 0.599. The Morgan fingerprint density at radius 1 is 1.12 bits per heavy atom. The molecular weight excluding hydrogens is 300 g/mol. The molecule has 0 aliphatic carbocycles. The third kappa shape index (κ3) is 6.37. The normalized spacial score (nSPS) is 10.3. The van der Waals surface area contributed by atoms with Gasteiger partial charge in [-0.2, -0.15) is 5.26 Å². The second-order valence-corrected chi connectivity index (χ2v) is 5.23. The first-order valence-electron chi connectivity index (χ1n) is 7.87. The van der Waals surface area contributed by atoms with Gasteiger partial charge in [0.25, 0.3) is 0 Å². The Labute approximate surface area is 142 Å². The van der Waals surface area contributed by atoms with E-state index in [0.717, 1.165) is 18.4 Å². The molecule has 2 rings (SSSR count). The number of benzene rings is 2. The first kappa shape index (κ1) is 17.3. The zero-order valence-corrected chi connectivity index (χ0v) is 13.4. The Morgan fingerprint density at radius 2 is 1.88 bits per heavy atom. The Hall–Kier alpha value is -3.06. The van der Waals surface area contributed by atoms with Crippen molar-refractivity contribution in [3.8, 4) is 11.8 Å². The zero-order chi connectivity index (χ0) is 17.0. The molecule has 2 aromatic carbocycles. The van der Waals surface area contributed by atoms with Gasteiger partial charge in [-0.3, -0.25) is 4.79 Å². The molecule has 122 valence electrons. The number of amides is 1. The third-order valence-corrected chi connectivity index (χ3v) is 3.39. The van der Waals surface area contributed by atoms with Crippen LogP contribution in [0, 0.1) is 11.3 Å². The van der Waals surface area contributed by atoms with Crippen molar-refractivity contribution in [1.29, 1.82) is 5.26 Å². The highest BCUT2D eigenvalue weighted by atomic mass is 16.5. The van der Waals surface area contributed by atoms with E-state index in [-0.39, 0.29) is 12.5 Å². The van der Waals surface area contributed by atoms with Crippen LogP contribution in [0.25, 0.3) is 6.08 Å². The van der Waals surface area contributed by atoms with E-state index in [9.17, 15) is 4.79 Å². The third-order valence-electron chi connectivity index (χ3n) is 3.39. The predicted octanol–water partition coefficient (Wildman–Crippen LogP) is 3.35. The summed E-state index contributed by atoms with van der Waals surface area (Å²) < 4.78 is 5.17. The number of nitrogens with one attached hydrogen (secondary N) is 1. The van der Waals surface area contributed by atoms with E-state index < -0.39 is 0 Å². The lowest BCUT2D eigenvalue weighted by molar-refractivity contribution is -0.116. The van der Waals surface area contributed by atoms with Gasteiger partial charge in [0.05, 0.1) is 0 Å². The lowest BCUT2D eigenvalue weighted by Crippen LogP contribution is -2.22. The number of aryl methyl sites for hydroxylation is 1. The van der Waals surface area contributed by atoms with Gasteiger partial charge in [0.2, 0.25) is 5.91 Å². The largest absolute Gasteiger partial charge is 0.479 e. The van der Waals surface area contributed by atoms with Gasteiger partial charge >= 0.3 is 0 Å². The molecule has 0 unspecified atom stereocenters. The highest BCUT2D eigenvalue weighted by Crippen LogP contribution is 2.12. The summed E-state index contributed by atoms with van der Waals surface area (Å²) in [5.41, 5.74) is 2.18. The van der Waals surface area contributed by atoms with E-state index in [1.807, 2.05) is 36.4 Å². The number of hydrogen-bond donors (Lipinski definition) is 1. The monoisotopic (exact) mass is 320 g/mol. The Bertz CT molecular complexity index is 701. The van der Waals surface area contributed by atoms with Crippen molar-refractivity contribution >= 4 is 12.0 Å². The molecule has 0 radical (unpaired) electrons. The summed E-state index contributed by atoms with van der Waals surface area (Å²) >= 11 is 0. The minimum absolute atomic E-state index is 0.0283. The minimum atomic E-state index is -0.104. The van der Waals surface area contributed by atoms with Gasteiger partial charge in [-0.25, -0.2) is 0 Å². The van der Waals surface area contributed by atoms with Crippen LogP contribution in [-0.4, -0.2) is 19.1 Å². The van der Waals surface area contributed by atoms with Gasteiger partial charge in [0.1, 0.15) is 11.8 Å². The van der Waals surface area contributed by atoms with Gasteiger partial charge in [-0.15, -0.1) is 0 Å². The Balaban J connectivity index is 1.69. The maximum atomic E-state index is 11.8. The number of carbonyl (C=O) groups is 1. The molecule has 0 fully saturated rings. The van der Waals surface area contributed by atoms with Crippen LogP contribution in [0.2, 0.25) is 0 Å². The first-order chi connectivity index (χ1) is 11.8. The van der Waals surface area contributed by atoms with Crippen LogP contribution in [0.1, 0.15) is 17.5 Å². The van der Waals surface area contributed by atoms with E-state index in [0.29, 0.717) is 12.3 Å². The van der Waals surface area contributed by atoms with Crippen molar-refractivity contribution in [1.82, 2.24) is 5.32 Å². The maximum Gasteiger partial charge on any atom is 0.243 e. The van der Waals surface area contributed by atoms with Crippen LogP contribution < -0.4 is 10.1 Å². The SMILES string of the molecule is N#CCOc1ccc(C=CC(=O)NCCCc2ccccc2)cc1. The molecule has 0 aromatic heterocycles. The molecule has 0 aliphatic rings.